The van der Waals surface area contributed by atoms with Crippen LogP contribution in [0.5, 0.6) is 5.75 Å². The van der Waals surface area contributed by atoms with Gasteiger partial charge in [0.05, 0.1) is 17.6 Å². The fourth-order valence-corrected chi connectivity index (χ4v) is 2.03. The van der Waals surface area contributed by atoms with Gasteiger partial charge in [0.1, 0.15) is 5.82 Å². The minimum absolute atomic E-state index is 0.131. The number of rotatable bonds is 4. The molecule has 0 bridgehead atoms. The molecule has 0 saturated carbocycles. The Balaban J connectivity index is 2.01. The van der Waals surface area contributed by atoms with Gasteiger partial charge in [0.2, 0.25) is 0 Å². The molecule has 18 heavy (non-hydrogen) atoms. The third-order valence-corrected chi connectivity index (χ3v) is 2.99. The highest BCUT2D eigenvalue weighted by Gasteiger charge is 2.19. The van der Waals surface area contributed by atoms with Crippen molar-refractivity contribution in [3.8, 4) is 5.75 Å². The number of benzene rings is 1. The van der Waals surface area contributed by atoms with Crippen LogP contribution < -0.4 is 10.1 Å². The standard InChI is InChI=1S/C12H15FN2O3/c13-10-3-4-12(11(6-10)15(16)17)18-8-9-2-1-5-14-7-9/h3-4,6,9,14H,1-2,5,7-8H2. The lowest BCUT2D eigenvalue weighted by molar-refractivity contribution is -0.386. The van der Waals surface area contributed by atoms with Gasteiger partial charge in [0.25, 0.3) is 0 Å². The first-order chi connectivity index (χ1) is 8.66. The summed E-state index contributed by atoms with van der Waals surface area (Å²) in [6.45, 7) is 2.28. The largest absolute Gasteiger partial charge is 0.486 e. The van der Waals surface area contributed by atoms with Crippen LogP contribution in [0.2, 0.25) is 0 Å². The quantitative estimate of drug-likeness (QED) is 0.660. The maximum atomic E-state index is 12.9. The molecule has 1 atom stereocenters. The van der Waals surface area contributed by atoms with Gasteiger partial charge in [-0.2, -0.15) is 0 Å². The van der Waals surface area contributed by atoms with Crippen molar-refractivity contribution in [3.63, 3.8) is 0 Å². The van der Waals surface area contributed by atoms with E-state index in [0.29, 0.717) is 12.5 Å². The summed E-state index contributed by atoms with van der Waals surface area (Å²) in [6.07, 6.45) is 2.13. The Hall–Kier alpha value is -1.69. The number of ether oxygens (including phenoxy) is 1. The van der Waals surface area contributed by atoms with Gasteiger partial charge in [-0.05, 0) is 31.5 Å². The molecule has 0 aromatic heterocycles. The monoisotopic (exact) mass is 254 g/mol. The summed E-state index contributed by atoms with van der Waals surface area (Å²) in [5, 5.41) is 14.0. The normalized spacial score (nSPS) is 19.5. The van der Waals surface area contributed by atoms with Crippen LogP contribution >= 0.6 is 0 Å². The Labute approximate surface area is 104 Å². The predicted octanol–water partition coefficient (Wildman–Crippen LogP) is 2.11. The lowest BCUT2D eigenvalue weighted by Gasteiger charge is -2.22. The van der Waals surface area contributed by atoms with E-state index in [1.165, 1.54) is 12.1 Å². The second-order valence-corrected chi connectivity index (χ2v) is 4.39. The van der Waals surface area contributed by atoms with Crippen LogP contribution in [-0.4, -0.2) is 24.6 Å². The highest BCUT2D eigenvalue weighted by atomic mass is 19.1. The zero-order valence-corrected chi connectivity index (χ0v) is 9.89. The highest BCUT2D eigenvalue weighted by Crippen LogP contribution is 2.28. The second-order valence-electron chi connectivity index (χ2n) is 4.39. The van der Waals surface area contributed by atoms with Crippen LogP contribution in [0.15, 0.2) is 18.2 Å². The number of nitrogens with zero attached hydrogens (tertiary/aromatic N) is 1. The van der Waals surface area contributed by atoms with Gasteiger partial charge >= 0.3 is 5.69 Å². The Kier molecular flexibility index (Phi) is 4.09. The number of nitro groups is 1. The van der Waals surface area contributed by atoms with Crippen LogP contribution in [0.4, 0.5) is 10.1 Å². The molecule has 5 nitrogen and oxygen atoms in total. The maximum absolute atomic E-state index is 12.9. The number of piperidine rings is 1. The summed E-state index contributed by atoms with van der Waals surface area (Å²) in [6, 6.07) is 3.36. The molecule has 1 aromatic carbocycles. The van der Waals surface area contributed by atoms with Crippen LogP contribution in [0, 0.1) is 21.8 Å². The summed E-state index contributed by atoms with van der Waals surface area (Å²) in [5.41, 5.74) is -0.321. The number of halogens is 1. The molecule has 6 heteroatoms. The number of nitrogens with one attached hydrogen (secondary N) is 1. The van der Waals surface area contributed by atoms with E-state index in [4.69, 9.17) is 4.74 Å². The Morgan fingerprint density at radius 1 is 1.56 bits per heavy atom. The van der Waals surface area contributed by atoms with Crippen LogP contribution in [0.3, 0.4) is 0 Å². The summed E-state index contributed by atoms with van der Waals surface area (Å²) in [7, 11) is 0. The van der Waals surface area contributed by atoms with Crippen molar-refractivity contribution in [2.45, 2.75) is 12.8 Å². The fraction of sp³-hybridized carbons (Fsp3) is 0.500. The first-order valence-corrected chi connectivity index (χ1v) is 5.94. The van der Waals surface area contributed by atoms with Crippen LogP contribution in [0.25, 0.3) is 0 Å². The van der Waals surface area contributed by atoms with E-state index < -0.39 is 10.7 Å². The van der Waals surface area contributed by atoms with Crippen LogP contribution in [0.1, 0.15) is 12.8 Å². The smallest absolute Gasteiger partial charge is 0.313 e. The van der Waals surface area contributed by atoms with E-state index in [1.807, 2.05) is 0 Å². The second kappa shape index (κ2) is 5.77. The predicted molar refractivity (Wildman–Crippen MR) is 64.1 cm³/mol. The molecule has 1 aliphatic rings. The van der Waals surface area contributed by atoms with Crippen molar-refractivity contribution in [2.24, 2.45) is 5.92 Å². The van der Waals surface area contributed by atoms with E-state index >= 15 is 0 Å². The number of nitro benzene ring substituents is 1. The summed E-state index contributed by atoms with van der Waals surface area (Å²) >= 11 is 0. The van der Waals surface area contributed by atoms with Gasteiger partial charge in [-0.15, -0.1) is 0 Å². The van der Waals surface area contributed by atoms with Gasteiger partial charge < -0.3 is 10.1 Å². The number of hydrogen-bond acceptors (Lipinski definition) is 4. The molecule has 1 heterocycles. The minimum atomic E-state index is -0.631. The first kappa shape index (κ1) is 12.8. The van der Waals surface area contributed by atoms with Gasteiger partial charge in [-0.3, -0.25) is 10.1 Å². The Morgan fingerprint density at radius 3 is 3.06 bits per heavy atom. The SMILES string of the molecule is O=[N+]([O-])c1cc(F)ccc1OCC1CCCNC1. The molecule has 98 valence electrons. The summed E-state index contributed by atoms with van der Waals surface area (Å²) in [4.78, 5) is 10.1. The highest BCUT2D eigenvalue weighted by molar-refractivity contribution is 5.46. The van der Waals surface area contributed by atoms with E-state index in [0.717, 1.165) is 32.0 Å². The lowest BCUT2D eigenvalue weighted by Crippen LogP contribution is -2.33. The molecule has 0 amide bonds. The molecular weight excluding hydrogens is 239 g/mol. The zero-order valence-electron chi connectivity index (χ0n) is 9.89. The molecular formula is C12H15FN2O3. The number of hydrogen-bond donors (Lipinski definition) is 1. The van der Waals surface area contributed by atoms with Gasteiger partial charge in [0, 0.05) is 12.5 Å². The fourth-order valence-electron chi connectivity index (χ4n) is 2.03. The molecule has 0 radical (unpaired) electrons. The first-order valence-electron chi connectivity index (χ1n) is 5.94. The topological polar surface area (TPSA) is 64.4 Å². The molecule has 1 fully saturated rings. The third-order valence-electron chi connectivity index (χ3n) is 2.99. The molecule has 1 unspecified atom stereocenters. The lowest BCUT2D eigenvalue weighted by atomic mass is 10.0. The van der Waals surface area contributed by atoms with E-state index in [1.54, 1.807) is 0 Å². The minimum Gasteiger partial charge on any atom is -0.486 e. The van der Waals surface area contributed by atoms with Crippen molar-refractivity contribution in [1.82, 2.24) is 5.32 Å². The molecule has 1 aliphatic heterocycles. The molecule has 1 saturated heterocycles. The third kappa shape index (κ3) is 3.16. The Bertz CT molecular complexity index is 433. The van der Waals surface area contributed by atoms with Crippen molar-refractivity contribution < 1.29 is 14.1 Å². The zero-order chi connectivity index (χ0) is 13.0. The van der Waals surface area contributed by atoms with Crippen molar-refractivity contribution in [3.05, 3.63) is 34.1 Å². The average molecular weight is 254 g/mol. The van der Waals surface area contributed by atoms with Gasteiger partial charge in [-0.1, -0.05) is 0 Å². The molecule has 1 aromatic rings. The molecule has 0 aliphatic carbocycles. The molecule has 2 rings (SSSR count). The maximum Gasteiger partial charge on any atom is 0.313 e. The summed E-state index contributed by atoms with van der Waals surface area (Å²) in [5.74, 6) is -0.149. The van der Waals surface area contributed by atoms with Crippen molar-refractivity contribution in [2.75, 3.05) is 19.7 Å². The van der Waals surface area contributed by atoms with Crippen molar-refractivity contribution >= 4 is 5.69 Å². The average Bonchev–Trinajstić information content (AvgIpc) is 2.38. The van der Waals surface area contributed by atoms with Crippen LogP contribution in [-0.2, 0) is 0 Å². The molecule has 1 N–H and O–H groups in total. The van der Waals surface area contributed by atoms with E-state index in [9.17, 15) is 14.5 Å². The molecule has 0 spiro atoms. The Morgan fingerprint density at radius 2 is 2.39 bits per heavy atom. The van der Waals surface area contributed by atoms with Crippen molar-refractivity contribution in [1.29, 1.82) is 0 Å². The van der Waals surface area contributed by atoms with E-state index in [-0.39, 0.29) is 11.4 Å². The summed E-state index contributed by atoms with van der Waals surface area (Å²) < 4.78 is 18.4. The van der Waals surface area contributed by atoms with E-state index in [2.05, 4.69) is 5.32 Å². The van der Waals surface area contributed by atoms with Gasteiger partial charge in [0.15, 0.2) is 5.75 Å². The van der Waals surface area contributed by atoms with Gasteiger partial charge in [-0.25, -0.2) is 4.39 Å².